The van der Waals surface area contributed by atoms with Gasteiger partial charge in [0.25, 0.3) is 0 Å². The van der Waals surface area contributed by atoms with Crippen molar-refractivity contribution in [3.63, 3.8) is 0 Å². The molecule has 0 spiro atoms. The third-order valence-electron chi connectivity index (χ3n) is 1.85. The van der Waals surface area contributed by atoms with E-state index in [-0.39, 0.29) is 12.2 Å². The van der Waals surface area contributed by atoms with Crippen molar-refractivity contribution in [3.05, 3.63) is 0 Å². The van der Waals surface area contributed by atoms with Gasteiger partial charge < -0.3 is 0 Å². The molecular weight excluding hydrogens is 221 g/mol. The Bertz CT molecular complexity index is 136. The second kappa shape index (κ2) is 4.06. The molecule has 2 atom stereocenters. The van der Waals surface area contributed by atoms with E-state index < -0.39 is 14.6 Å². The topological polar surface area (TPSA) is 36.9 Å². The third-order valence-corrected chi connectivity index (χ3v) is 6.85. The van der Waals surface area contributed by atoms with E-state index in [4.69, 9.17) is 15.1 Å². The molecule has 0 radical (unpaired) electrons. The molecule has 1 aliphatic heterocycles. The Balaban J connectivity index is 2.62. The average Bonchev–Trinajstić information content (AvgIpc) is 2.02. The van der Waals surface area contributed by atoms with Gasteiger partial charge >= 0.3 is 76.4 Å². The molecule has 1 aliphatic rings. The first-order valence-electron chi connectivity index (χ1n) is 4.08. The van der Waals surface area contributed by atoms with Crippen molar-refractivity contribution in [3.8, 4) is 0 Å². The molecule has 0 aliphatic carbocycles. The van der Waals surface area contributed by atoms with Crippen molar-refractivity contribution in [1.29, 1.82) is 0 Å². The molecule has 0 aromatic carbocycles. The molecule has 0 saturated carbocycles. The molecule has 0 amide bonds. The van der Waals surface area contributed by atoms with Crippen molar-refractivity contribution in [1.82, 2.24) is 0 Å². The van der Waals surface area contributed by atoms with Gasteiger partial charge in [-0.25, -0.2) is 0 Å². The maximum absolute atomic E-state index is 5.56. The molecular formula is C7H16GeO4. The van der Waals surface area contributed by atoms with Gasteiger partial charge in [-0.15, -0.1) is 0 Å². The Hall–Kier alpha value is 0.383. The summed E-state index contributed by atoms with van der Waals surface area (Å²) in [7, 11) is 3.16. The number of hydrogen-bond donors (Lipinski definition) is 0. The maximum atomic E-state index is 5.56. The van der Waals surface area contributed by atoms with Crippen molar-refractivity contribution in [2.24, 2.45) is 0 Å². The van der Waals surface area contributed by atoms with Gasteiger partial charge in [-0.2, -0.15) is 0 Å². The predicted molar refractivity (Wildman–Crippen MR) is 45.5 cm³/mol. The standard InChI is InChI=1S/C7H16GeO4/c1-6-5-7(2)12-8(9-3,10-4)11-6/h6-7H,5H2,1-4H3. The molecule has 1 rings (SSSR count). The molecule has 0 aromatic rings. The van der Waals surface area contributed by atoms with Crippen molar-refractivity contribution < 1.29 is 15.1 Å². The summed E-state index contributed by atoms with van der Waals surface area (Å²) >= 11 is -3.27. The third kappa shape index (κ3) is 2.20. The van der Waals surface area contributed by atoms with E-state index in [1.165, 1.54) is 0 Å². The zero-order valence-electron chi connectivity index (χ0n) is 7.99. The Morgan fingerprint density at radius 2 is 1.50 bits per heavy atom. The molecule has 12 heavy (non-hydrogen) atoms. The fourth-order valence-electron chi connectivity index (χ4n) is 1.36. The normalized spacial score (nSPS) is 35.0. The van der Waals surface area contributed by atoms with Crippen LogP contribution in [0.1, 0.15) is 20.3 Å². The van der Waals surface area contributed by atoms with E-state index in [9.17, 15) is 0 Å². The van der Waals surface area contributed by atoms with Crippen LogP contribution in [-0.2, 0) is 15.1 Å². The second-order valence-corrected chi connectivity index (χ2v) is 7.80. The van der Waals surface area contributed by atoms with Gasteiger partial charge in [-0.3, -0.25) is 0 Å². The summed E-state index contributed by atoms with van der Waals surface area (Å²) in [6.45, 7) is 4.02. The molecule has 1 heterocycles. The van der Waals surface area contributed by atoms with Gasteiger partial charge in [-0.1, -0.05) is 0 Å². The van der Waals surface area contributed by atoms with E-state index >= 15 is 0 Å². The van der Waals surface area contributed by atoms with Gasteiger partial charge in [0.05, 0.1) is 0 Å². The van der Waals surface area contributed by atoms with Crippen LogP contribution in [0.3, 0.4) is 0 Å². The molecule has 0 aromatic heterocycles. The molecule has 4 nitrogen and oxygen atoms in total. The Labute approximate surface area is 76.9 Å². The van der Waals surface area contributed by atoms with E-state index in [0.717, 1.165) is 6.42 Å². The summed E-state index contributed by atoms with van der Waals surface area (Å²) in [6, 6.07) is 0. The Morgan fingerprint density at radius 1 is 1.08 bits per heavy atom. The first-order valence-corrected chi connectivity index (χ1v) is 7.50. The Morgan fingerprint density at radius 3 is 1.83 bits per heavy atom. The number of hydrogen-bond acceptors (Lipinski definition) is 4. The van der Waals surface area contributed by atoms with Crippen LogP contribution >= 0.6 is 0 Å². The van der Waals surface area contributed by atoms with Crippen LogP contribution in [0, 0.1) is 0 Å². The summed E-state index contributed by atoms with van der Waals surface area (Å²) < 4.78 is 21.5. The fraction of sp³-hybridized carbons (Fsp3) is 1.00. The zero-order chi connectivity index (χ0) is 9.19. The summed E-state index contributed by atoms with van der Waals surface area (Å²) in [6.07, 6.45) is 1.25. The van der Waals surface area contributed by atoms with Crippen LogP contribution in [0.5, 0.6) is 0 Å². The number of rotatable bonds is 2. The fourth-order valence-corrected chi connectivity index (χ4v) is 5.11. The molecule has 2 unspecified atom stereocenters. The van der Waals surface area contributed by atoms with Gasteiger partial charge in [0, 0.05) is 0 Å². The quantitative estimate of drug-likeness (QED) is 0.669. The minimum atomic E-state index is -3.27. The molecule has 1 fully saturated rings. The zero-order valence-corrected chi connectivity index (χ0v) is 10.1. The molecule has 0 bridgehead atoms. The monoisotopic (exact) mass is 238 g/mol. The predicted octanol–water partition coefficient (Wildman–Crippen LogP) is 0.929. The van der Waals surface area contributed by atoms with E-state index in [0.29, 0.717) is 0 Å². The van der Waals surface area contributed by atoms with Crippen LogP contribution in [0.15, 0.2) is 0 Å². The van der Waals surface area contributed by atoms with Gasteiger partial charge in [0.2, 0.25) is 0 Å². The summed E-state index contributed by atoms with van der Waals surface area (Å²) in [5.41, 5.74) is 0. The van der Waals surface area contributed by atoms with E-state index in [2.05, 4.69) is 0 Å². The summed E-state index contributed by atoms with van der Waals surface area (Å²) in [4.78, 5) is 0. The van der Waals surface area contributed by atoms with Crippen LogP contribution in [0.4, 0.5) is 0 Å². The first-order chi connectivity index (χ1) is 5.62. The van der Waals surface area contributed by atoms with Gasteiger partial charge in [-0.05, 0) is 0 Å². The first kappa shape index (κ1) is 10.5. The second-order valence-electron chi connectivity index (χ2n) is 3.00. The van der Waals surface area contributed by atoms with Crippen molar-refractivity contribution >= 4 is 14.6 Å². The van der Waals surface area contributed by atoms with Crippen molar-refractivity contribution in [2.75, 3.05) is 14.2 Å². The van der Waals surface area contributed by atoms with Gasteiger partial charge in [0.1, 0.15) is 0 Å². The van der Waals surface area contributed by atoms with Crippen LogP contribution < -0.4 is 0 Å². The van der Waals surface area contributed by atoms with Crippen LogP contribution in [0.25, 0.3) is 0 Å². The average molecular weight is 237 g/mol. The molecule has 5 heteroatoms. The minimum absolute atomic E-state index is 0.175. The molecule has 0 N–H and O–H groups in total. The van der Waals surface area contributed by atoms with Crippen molar-refractivity contribution in [2.45, 2.75) is 32.5 Å². The summed E-state index contributed by atoms with van der Waals surface area (Å²) in [5, 5.41) is 0. The van der Waals surface area contributed by atoms with Crippen LogP contribution in [0.2, 0.25) is 0 Å². The van der Waals surface area contributed by atoms with E-state index in [1.807, 2.05) is 13.8 Å². The molecule has 1 saturated heterocycles. The van der Waals surface area contributed by atoms with Crippen LogP contribution in [-0.4, -0.2) is 41.0 Å². The summed E-state index contributed by atoms with van der Waals surface area (Å²) in [5.74, 6) is 0. The molecule has 72 valence electrons. The SMILES string of the molecule is C[O][Ge]1([O]C)[O]C(C)CC(C)[O]1. The van der Waals surface area contributed by atoms with Gasteiger partial charge in [0.15, 0.2) is 0 Å². The van der Waals surface area contributed by atoms with E-state index in [1.54, 1.807) is 14.2 Å². The Kier molecular flexibility index (Phi) is 3.54.